The molecule has 2 saturated heterocycles. The van der Waals surface area contributed by atoms with E-state index in [0.717, 1.165) is 69.2 Å². The fourth-order valence-corrected chi connectivity index (χ4v) is 4.65. The van der Waals surface area contributed by atoms with Crippen molar-refractivity contribution in [2.75, 3.05) is 31.1 Å². The van der Waals surface area contributed by atoms with Gasteiger partial charge in [-0.05, 0) is 62.1 Å². The average Bonchev–Trinajstić information content (AvgIpc) is 3.51. The van der Waals surface area contributed by atoms with Crippen LogP contribution in [0.5, 0.6) is 0 Å². The lowest BCUT2D eigenvalue weighted by Gasteiger charge is -2.28. The lowest BCUT2D eigenvalue weighted by Crippen LogP contribution is -2.36. The Bertz CT molecular complexity index is 1030. The molecular formula is C24H28N6O. The van der Waals surface area contributed by atoms with Crippen molar-refractivity contribution in [3.8, 4) is 5.82 Å². The topological polar surface area (TPSA) is 67.2 Å². The molecule has 3 aromatic heterocycles. The lowest BCUT2D eigenvalue weighted by molar-refractivity contribution is -0.119. The Morgan fingerprint density at radius 3 is 2.87 bits per heavy atom. The molecule has 5 heterocycles. The molecule has 3 aromatic rings. The molecule has 5 rings (SSSR count). The van der Waals surface area contributed by atoms with Gasteiger partial charge in [0.2, 0.25) is 5.91 Å². The smallest absolute Gasteiger partial charge is 0.228 e. The van der Waals surface area contributed by atoms with E-state index in [4.69, 9.17) is 4.98 Å². The van der Waals surface area contributed by atoms with E-state index in [0.29, 0.717) is 12.3 Å². The summed E-state index contributed by atoms with van der Waals surface area (Å²) in [5.41, 5.74) is 2.30. The Labute approximate surface area is 182 Å². The molecule has 1 unspecified atom stereocenters. The highest BCUT2D eigenvalue weighted by Gasteiger charge is 2.26. The quantitative estimate of drug-likeness (QED) is 0.617. The van der Waals surface area contributed by atoms with Crippen molar-refractivity contribution in [2.24, 2.45) is 0 Å². The first-order valence-electron chi connectivity index (χ1n) is 11.2. The molecule has 7 heteroatoms. The van der Waals surface area contributed by atoms with E-state index in [1.165, 1.54) is 5.56 Å². The second-order valence-corrected chi connectivity index (χ2v) is 8.40. The Kier molecular flexibility index (Phi) is 5.76. The molecule has 1 amide bonds. The molecule has 0 radical (unpaired) electrons. The van der Waals surface area contributed by atoms with Crippen molar-refractivity contribution < 1.29 is 4.79 Å². The van der Waals surface area contributed by atoms with Crippen LogP contribution < -0.4 is 4.90 Å². The molecule has 1 atom stereocenters. The molecule has 7 nitrogen and oxygen atoms in total. The molecular weight excluding hydrogens is 388 g/mol. The number of carbonyl (C=O) groups excluding carboxylic acids is 1. The number of rotatable bonds is 6. The minimum Gasteiger partial charge on any atom is -0.302 e. The number of piperidine rings is 1. The van der Waals surface area contributed by atoms with Crippen molar-refractivity contribution in [3.05, 3.63) is 66.2 Å². The lowest BCUT2D eigenvalue weighted by atomic mass is 10.0. The van der Waals surface area contributed by atoms with Gasteiger partial charge in [-0.3, -0.25) is 9.69 Å². The maximum Gasteiger partial charge on any atom is 0.228 e. The van der Waals surface area contributed by atoms with Crippen molar-refractivity contribution in [3.63, 3.8) is 0 Å². The molecule has 0 bridgehead atoms. The maximum absolute atomic E-state index is 12.4. The Morgan fingerprint density at radius 2 is 2.00 bits per heavy atom. The fraction of sp³-hybridized carbons (Fsp3) is 0.417. The number of likely N-dealkylation sites (tertiary alicyclic amines) is 1. The summed E-state index contributed by atoms with van der Waals surface area (Å²) in [6, 6.07) is 12.2. The molecule has 0 N–H and O–H groups in total. The molecule has 2 aliphatic rings. The minimum absolute atomic E-state index is 0.204. The third-order valence-corrected chi connectivity index (χ3v) is 6.33. The van der Waals surface area contributed by atoms with Gasteiger partial charge in [-0.2, -0.15) is 5.10 Å². The van der Waals surface area contributed by atoms with E-state index in [2.05, 4.69) is 33.2 Å². The van der Waals surface area contributed by atoms with Crippen LogP contribution in [0.3, 0.4) is 0 Å². The number of carbonyl (C=O) groups is 1. The fourth-order valence-electron chi connectivity index (χ4n) is 4.65. The Morgan fingerprint density at radius 1 is 1.03 bits per heavy atom. The molecule has 2 aliphatic heterocycles. The second kappa shape index (κ2) is 8.98. The van der Waals surface area contributed by atoms with E-state index in [1.54, 1.807) is 12.4 Å². The standard InChI is InChI=1S/C24H28N6O/c31-23-9-1-2-14-29(23)24-19(6-4-12-25-24)10-16-28-17-11-20(18-28)21-7-3-8-22(27-21)30-15-5-13-26-30/h3-8,12-13,15,20H,1-2,9-11,14,16-18H2. The summed E-state index contributed by atoms with van der Waals surface area (Å²) in [6.45, 7) is 3.83. The van der Waals surface area contributed by atoms with Crippen LogP contribution >= 0.6 is 0 Å². The molecule has 2 fully saturated rings. The van der Waals surface area contributed by atoms with Gasteiger partial charge in [0.05, 0.1) is 0 Å². The number of anilines is 1. The van der Waals surface area contributed by atoms with E-state index >= 15 is 0 Å². The van der Waals surface area contributed by atoms with Crippen LogP contribution in [0.15, 0.2) is 55.0 Å². The van der Waals surface area contributed by atoms with Gasteiger partial charge in [0.25, 0.3) is 0 Å². The van der Waals surface area contributed by atoms with Gasteiger partial charge in [0.15, 0.2) is 5.82 Å². The van der Waals surface area contributed by atoms with Gasteiger partial charge in [0.1, 0.15) is 5.82 Å². The van der Waals surface area contributed by atoms with Crippen LogP contribution in [-0.2, 0) is 11.2 Å². The molecule has 31 heavy (non-hydrogen) atoms. The summed E-state index contributed by atoms with van der Waals surface area (Å²) in [5, 5.41) is 4.29. The first kappa shape index (κ1) is 19.9. The van der Waals surface area contributed by atoms with Crippen LogP contribution in [0, 0.1) is 0 Å². The summed E-state index contributed by atoms with van der Waals surface area (Å²) < 4.78 is 1.81. The van der Waals surface area contributed by atoms with Crippen LogP contribution in [0.1, 0.15) is 42.9 Å². The zero-order chi connectivity index (χ0) is 21.0. The van der Waals surface area contributed by atoms with Crippen LogP contribution in [-0.4, -0.2) is 56.7 Å². The van der Waals surface area contributed by atoms with Crippen molar-refractivity contribution >= 4 is 11.7 Å². The summed E-state index contributed by atoms with van der Waals surface area (Å²) >= 11 is 0. The summed E-state index contributed by atoms with van der Waals surface area (Å²) in [5.74, 6) is 2.37. The van der Waals surface area contributed by atoms with Crippen LogP contribution in [0.4, 0.5) is 5.82 Å². The van der Waals surface area contributed by atoms with Crippen molar-refractivity contribution in [1.82, 2.24) is 24.6 Å². The predicted molar refractivity (Wildman–Crippen MR) is 119 cm³/mol. The summed E-state index contributed by atoms with van der Waals surface area (Å²) in [7, 11) is 0. The van der Waals surface area contributed by atoms with Gasteiger partial charge < -0.3 is 4.90 Å². The summed E-state index contributed by atoms with van der Waals surface area (Å²) in [4.78, 5) is 26.2. The first-order chi connectivity index (χ1) is 15.3. The number of aromatic nitrogens is 4. The third kappa shape index (κ3) is 4.37. The second-order valence-electron chi connectivity index (χ2n) is 8.40. The molecule has 160 valence electrons. The third-order valence-electron chi connectivity index (χ3n) is 6.33. The Balaban J connectivity index is 1.23. The molecule has 0 aliphatic carbocycles. The van der Waals surface area contributed by atoms with E-state index < -0.39 is 0 Å². The SMILES string of the molecule is O=C1CCCCN1c1ncccc1CCN1CCC(c2cccc(-n3cccn3)n2)C1. The average molecular weight is 417 g/mol. The minimum atomic E-state index is 0.204. The van der Waals surface area contributed by atoms with Gasteiger partial charge >= 0.3 is 0 Å². The van der Waals surface area contributed by atoms with Gasteiger partial charge in [-0.25, -0.2) is 14.6 Å². The highest BCUT2D eigenvalue weighted by atomic mass is 16.2. The van der Waals surface area contributed by atoms with Crippen LogP contribution in [0.25, 0.3) is 5.82 Å². The van der Waals surface area contributed by atoms with E-state index in [1.807, 2.05) is 34.0 Å². The largest absolute Gasteiger partial charge is 0.302 e. The van der Waals surface area contributed by atoms with Gasteiger partial charge in [0, 0.05) is 56.3 Å². The zero-order valence-corrected chi connectivity index (χ0v) is 17.7. The predicted octanol–water partition coefficient (Wildman–Crippen LogP) is 3.21. The normalized spacial score (nSPS) is 19.8. The van der Waals surface area contributed by atoms with Crippen LogP contribution in [0.2, 0.25) is 0 Å². The van der Waals surface area contributed by atoms with E-state index in [-0.39, 0.29) is 5.91 Å². The highest BCUT2D eigenvalue weighted by molar-refractivity contribution is 5.93. The molecule has 0 saturated carbocycles. The number of hydrogen-bond donors (Lipinski definition) is 0. The monoisotopic (exact) mass is 416 g/mol. The van der Waals surface area contributed by atoms with Gasteiger partial charge in [-0.15, -0.1) is 0 Å². The van der Waals surface area contributed by atoms with Crippen molar-refractivity contribution in [2.45, 2.75) is 38.0 Å². The highest BCUT2D eigenvalue weighted by Crippen LogP contribution is 2.28. The number of nitrogens with zero attached hydrogens (tertiary/aromatic N) is 6. The van der Waals surface area contributed by atoms with Crippen molar-refractivity contribution in [1.29, 1.82) is 0 Å². The Hall–Kier alpha value is -3.06. The summed E-state index contributed by atoms with van der Waals surface area (Å²) in [6.07, 6.45) is 10.2. The maximum atomic E-state index is 12.4. The number of pyridine rings is 2. The first-order valence-corrected chi connectivity index (χ1v) is 11.2. The van der Waals surface area contributed by atoms with Gasteiger partial charge in [-0.1, -0.05) is 12.1 Å². The van der Waals surface area contributed by atoms with E-state index in [9.17, 15) is 4.79 Å². The molecule has 0 spiro atoms. The number of amides is 1. The zero-order valence-electron chi connectivity index (χ0n) is 17.7. The number of hydrogen-bond acceptors (Lipinski definition) is 5. The molecule has 0 aromatic carbocycles.